The predicted molar refractivity (Wildman–Crippen MR) is 151 cm³/mol. The zero-order valence-corrected chi connectivity index (χ0v) is 24.6. The molecule has 1 saturated heterocycles. The summed E-state index contributed by atoms with van der Waals surface area (Å²) in [6.07, 6.45) is -0.578. The van der Waals surface area contributed by atoms with E-state index in [9.17, 15) is 33.9 Å². The third kappa shape index (κ3) is 13.1. The highest BCUT2D eigenvalue weighted by molar-refractivity contribution is 5.93. The number of aliphatic carboxylic acids is 1. The first kappa shape index (κ1) is 35.0. The summed E-state index contributed by atoms with van der Waals surface area (Å²) in [4.78, 5) is 74.9. The molecule has 0 bridgehead atoms. The normalized spacial score (nSPS) is 16.3. The van der Waals surface area contributed by atoms with E-state index in [1.165, 1.54) is 4.90 Å². The van der Waals surface area contributed by atoms with E-state index in [-0.39, 0.29) is 19.3 Å². The molecule has 1 aliphatic rings. The highest BCUT2D eigenvalue weighted by atomic mass is 16.6. The first-order valence-electron chi connectivity index (χ1n) is 13.9. The van der Waals surface area contributed by atoms with Crippen molar-refractivity contribution in [1.82, 2.24) is 26.2 Å². The lowest BCUT2D eigenvalue weighted by atomic mass is 10.1. The third-order valence-corrected chi connectivity index (χ3v) is 6.05. The number of hydrogen-bond donors (Lipinski definition) is 6. The number of carbonyl (C=O) groups is 6. The summed E-state index contributed by atoms with van der Waals surface area (Å²) in [5.41, 5.74) is 0.00294. The van der Waals surface area contributed by atoms with Gasteiger partial charge in [0.1, 0.15) is 30.5 Å². The molecule has 15 nitrogen and oxygen atoms in total. The average Bonchev–Trinajstić information content (AvgIpc) is 2.95. The fourth-order valence-electron chi connectivity index (χ4n) is 4.05. The second-order valence-corrected chi connectivity index (χ2v) is 10.8. The van der Waals surface area contributed by atoms with E-state index in [1.54, 1.807) is 51.1 Å². The molecule has 0 saturated carbocycles. The van der Waals surface area contributed by atoms with Crippen LogP contribution in [-0.2, 0) is 39.9 Å². The summed E-state index contributed by atoms with van der Waals surface area (Å²) in [7, 11) is 0. The zero-order valence-electron chi connectivity index (χ0n) is 24.6. The van der Waals surface area contributed by atoms with Crippen LogP contribution in [0.5, 0.6) is 0 Å². The summed E-state index contributed by atoms with van der Waals surface area (Å²) in [5.74, 6) is -4.16. The van der Waals surface area contributed by atoms with E-state index >= 15 is 0 Å². The fourth-order valence-corrected chi connectivity index (χ4v) is 4.05. The molecule has 1 unspecified atom stereocenters. The Morgan fingerprint density at radius 1 is 0.977 bits per heavy atom. The van der Waals surface area contributed by atoms with Gasteiger partial charge in [0, 0.05) is 25.8 Å². The van der Waals surface area contributed by atoms with Crippen LogP contribution >= 0.6 is 0 Å². The molecule has 3 atom stereocenters. The van der Waals surface area contributed by atoms with Gasteiger partial charge in [-0.25, -0.2) is 4.79 Å². The highest BCUT2D eigenvalue weighted by Crippen LogP contribution is 2.19. The van der Waals surface area contributed by atoms with Gasteiger partial charge in [-0.05, 0) is 32.8 Å². The van der Waals surface area contributed by atoms with Gasteiger partial charge in [0.2, 0.25) is 23.6 Å². The Morgan fingerprint density at radius 2 is 1.60 bits per heavy atom. The minimum absolute atomic E-state index is 0.0668. The van der Waals surface area contributed by atoms with Crippen LogP contribution in [0.25, 0.3) is 0 Å². The molecular weight excluding hydrogens is 566 g/mol. The molecule has 15 heteroatoms. The van der Waals surface area contributed by atoms with Gasteiger partial charge in [0.15, 0.2) is 0 Å². The number of carboxylic acid groups (broad SMARTS) is 1. The van der Waals surface area contributed by atoms with Crippen molar-refractivity contribution in [3.63, 3.8) is 0 Å². The standard InChI is InChI=1S/C28H41N5O10/c1-28(2,3)43-27(41)33-12-7-13-42-23(33)11-10-21(35)32-20(17-34)26(40)29-15-22(36)31-19(25(39)30-16-24(37)38)14-18-8-5-4-6-9-18/h4-6,8-9,19-20,23,34H,7,10-17H2,1-3H3,(H,29,40)(H,30,39)(H,31,36)(H,32,35)(H,37,38)/t19-,20-,23?/m0/s1. The Kier molecular flexibility index (Phi) is 13.8. The Hall–Kier alpha value is -4.24. The number of nitrogens with zero attached hydrogens (tertiary/aromatic N) is 1. The molecule has 0 aliphatic carbocycles. The maximum atomic E-state index is 12.6. The topological polar surface area (TPSA) is 213 Å². The SMILES string of the molecule is CC(C)(C)OC(=O)N1CCCOC1CCC(=O)N[C@@H](CO)C(=O)NCC(=O)N[C@@H](Cc1ccccc1)C(=O)NCC(=O)O. The zero-order chi connectivity index (χ0) is 32.0. The summed E-state index contributed by atoms with van der Waals surface area (Å²) >= 11 is 0. The molecule has 0 spiro atoms. The van der Waals surface area contributed by atoms with Crippen LogP contribution in [0.4, 0.5) is 4.79 Å². The van der Waals surface area contributed by atoms with E-state index in [2.05, 4.69) is 21.3 Å². The van der Waals surface area contributed by atoms with E-state index < -0.39 is 79.3 Å². The van der Waals surface area contributed by atoms with E-state index in [1.807, 2.05) is 0 Å². The number of aliphatic hydroxyl groups is 1. The van der Waals surface area contributed by atoms with Crippen molar-refractivity contribution in [2.24, 2.45) is 0 Å². The number of rotatable bonds is 14. The van der Waals surface area contributed by atoms with Crippen molar-refractivity contribution in [2.75, 3.05) is 32.8 Å². The Bertz CT molecular complexity index is 1120. The van der Waals surface area contributed by atoms with Gasteiger partial charge in [0.25, 0.3) is 0 Å². The summed E-state index contributed by atoms with van der Waals surface area (Å²) in [6.45, 7) is 4.06. The second-order valence-electron chi connectivity index (χ2n) is 10.8. The van der Waals surface area contributed by atoms with Gasteiger partial charge in [0.05, 0.1) is 19.8 Å². The second kappa shape index (κ2) is 17.0. The number of carboxylic acids is 1. The van der Waals surface area contributed by atoms with Crippen LogP contribution < -0.4 is 21.3 Å². The number of aliphatic hydroxyl groups excluding tert-OH is 1. The summed E-state index contributed by atoms with van der Waals surface area (Å²) in [5, 5.41) is 27.9. The minimum Gasteiger partial charge on any atom is -0.480 e. The molecule has 0 aromatic heterocycles. The lowest BCUT2D eigenvalue weighted by molar-refractivity contribution is -0.138. The lowest BCUT2D eigenvalue weighted by Gasteiger charge is -2.36. The molecule has 6 N–H and O–H groups in total. The molecule has 1 heterocycles. The maximum absolute atomic E-state index is 12.6. The molecule has 0 radical (unpaired) electrons. The first-order chi connectivity index (χ1) is 20.3. The number of amides is 5. The first-order valence-corrected chi connectivity index (χ1v) is 13.9. The van der Waals surface area contributed by atoms with E-state index in [4.69, 9.17) is 14.6 Å². The predicted octanol–water partition coefficient (Wildman–Crippen LogP) is -0.728. The number of nitrogens with one attached hydrogen (secondary N) is 4. The minimum atomic E-state index is -1.37. The van der Waals surface area contributed by atoms with Crippen LogP contribution in [0, 0.1) is 0 Å². The Balaban J connectivity index is 1.87. The molecular formula is C28H41N5O10. The van der Waals surface area contributed by atoms with Gasteiger partial charge < -0.3 is 41.0 Å². The number of ether oxygens (including phenoxy) is 2. The van der Waals surface area contributed by atoms with Gasteiger partial charge in [-0.2, -0.15) is 0 Å². The summed E-state index contributed by atoms with van der Waals surface area (Å²) in [6, 6.07) is 6.23. The van der Waals surface area contributed by atoms with Gasteiger partial charge in [-0.3, -0.25) is 28.9 Å². The van der Waals surface area contributed by atoms with Crippen LogP contribution in [0.15, 0.2) is 30.3 Å². The van der Waals surface area contributed by atoms with E-state index in [0.29, 0.717) is 25.1 Å². The van der Waals surface area contributed by atoms with Crippen molar-refractivity contribution in [1.29, 1.82) is 0 Å². The lowest BCUT2D eigenvalue weighted by Crippen LogP contribution is -2.54. The molecule has 5 amide bonds. The number of hydrogen-bond acceptors (Lipinski definition) is 9. The van der Waals surface area contributed by atoms with Crippen molar-refractivity contribution in [3.8, 4) is 0 Å². The Labute approximate surface area is 249 Å². The molecule has 1 fully saturated rings. The number of benzene rings is 1. The van der Waals surface area contributed by atoms with Crippen LogP contribution in [-0.4, -0.2) is 108 Å². The molecule has 238 valence electrons. The quantitative estimate of drug-likeness (QED) is 0.156. The largest absolute Gasteiger partial charge is 0.480 e. The smallest absolute Gasteiger partial charge is 0.412 e. The van der Waals surface area contributed by atoms with Crippen molar-refractivity contribution in [2.45, 2.75) is 70.4 Å². The van der Waals surface area contributed by atoms with Crippen molar-refractivity contribution in [3.05, 3.63) is 35.9 Å². The van der Waals surface area contributed by atoms with Gasteiger partial charge in [-0.15, -0.1) is 0 Å². The van der Waals surface area contributed by atoms with E-state index in [0.717, 1.165) is 0 Å². The van der Waals surface area contributed by atoms with Gasteiger partial charge >= 0.3 is 12.1 Å². The fraction of sp³-hybridized carbons (Fsp3) is 0.571. The molecule has 43 heavy (non-hydrogen) atoms. The molecule has 1 aromatic rings. The molecule has 1 aromatic carbocycles. The van der Waals surface area contributed by atoms with Gasteiger partial charge in [-0.1, -0.05) is 30.3 Å². The van der Waals surface area contributed by atoms with Crippen molar-refractivity contribution >= 4 is 35.7 Å². The third-order valence-electron chi connectivity index (χ3n) is 6.05. The van der Waals surface area contributed by atoms with Crippen LogP contribution in [0.3, 0.4) is 0 Å². The van der Waals surface area contributed by atoms with Crippen LogP contribution in [0.1, 0.15) is 45.6 Å². The molecule has 2 rings (SSSR count). The monoisotopic (exact) mass is 607 g/mol. The highest BCUT2D eigenvalue weighted by Gasteiger charge is 2.32. The van der Waals surface area contributed by atoms with Crippen LogP contribution in [0.2, 0.25) is 0 Å². The maximum Gasteiger partial charge on any atom is 0.412 e. The van der Waals surface area contributed by atoms with Crippen molar-refractivity contribution < 1.29 is 48.5 Å². The number of carbonyl (C=O) groups excluding carboxylic acids is 5. The molecule has 1 aliphatic heterocycles. The average molecular weight is 608 g/mol. The Morgan fingerprint density at radius 3 is 2.23 bits per heavy atom. The summed E-state index contributed by atoms with van der Waals surface area (Å²) < 4.78 is 11.1.